The van der Waals surface area contributed by atoms with Gasteiger partial charge in [0.25, 0.3) is 0 Å². The summed E-state index contributed by atoms with van der Waals surface area (Å²) in [6.45, 7) is 2.51. The number of ether oxygens (including phenoxy) is 2. The van der Waals surface area contributed by atoms with E-state index in [1.807, 2.05) is 72.8 Å². The third kappa shape index (κ3) is 5.28. The van der Waals surface area contributed by atoms with Crippen molar-refractivity contribution in [3.8, 4) is 17.0 Å². The van der Waals surface area contributed by atoms with Gasteiger partial charge in [-0.3, -0.25) is 0 Å². The van der Waals surface area contributed by atoms with E-state index in [-0.39, 0.29) is 5.97 Å². The van der Waals surface area contributed by atoms with E-state index >= 15 is 0 Å². The highest BCUT2D eigenvalue weighted by Gasteiger charge is 2.21. The maximum Gasteiger partial charge on any atom is 0.350 e. The highest BCUT2D eigenvalue weighted by molar-refractivity contribution is 7.18. The third-order valence-electron chi connectivity index (χ3n) is 4.56. The van der Waals surface area contributed by atoms with Gasteiger partial charge in [-0.15, -0.1) is 0 Å². The zero-order valence-corrected chi connectivity index (χ0v) is 19.0. The van der Waals surface area contributed by atoms with Crippen LogP contribution in [0.5, 0.6) is 5.75 Å². The number of nitrogens with one attached hydrogen (secondary N) is 1. The topological polar surface area (TPSA) is 60.5 Å². The maximum atomic E-state index is 12.5. The molecule has 1 N–H and O–H groups in total. The van der Waals surface area contributed by atoms with E-state index in [0.29, 0.717) is 39.7 Å². The van der Waals surface area contributed by atoms with E-state index in [1.54, 1.807) is 13.0 Å². The van der Waals surface area contributed by atoms with Crippen molar-refractivity contribution >= 4 is 39.7 Å². The summed E-state index contributed by atoms with van der Waals surface area (Å²) >= 11 is 7.67. The van der Waals surface area contributed by atoms with Crippen molar-refractivity contribution in [2.24, 2.45) is 0 Å². The number of halogens is 1. The SMILES string of the molecule is CCOC(=O)c1sc(Nc2ccc(OCc3ccccc3)c(Cl)c2)nc1-c1ccccc1. The number of esters is 1. The molecule has 0 saturated heterocycles. The second-order valence-corrected chi connectivity index (χ2v) is 8.23. The van der Waals surface area contributed by atoms with Crippen LogP contribution in [-0.4, -0.2) is 17.6 Å². The second kappa shape index (κ2) is 10.3. The number of hydrogen-bond acceptors (Lipinski definition) is 6. The first-order valence-corrected chi connectivity index (χ1v) is 11.3. The third-order valence-corrected chi connectivity index (χ3v) is 5.80. The predicted octanol–water partition coefficient (Wildman–Crippen LogP) is 6.96. The van der Waals surface area contributed by atoms with E-state index in [0.717, 1.165) is 16.8 Å². The molecule has 0 spiro atoms. The van der Waals surface area contributed by atoms with Gasteiger partial charge in [-0.05, 0) is 30.7 Å². The number of carbonyl (C=O) groups is 1. The summed E-state index contributed by atoms with van der Waals surface area (Å²) in [6, 6.07) is 24.9. The van der Waals surface area contributed by atoms with Crippen molar-refractivity contribution in [3.05, 3.63) is 94.3 Å². The number of anilines is 2. The molecule has 0 radical (unpaired) electrons. The van der Waals surface area contributed by atoms with Crippen molar-refractivity contribution in [3.63, 3.8) is 0 Å². The van der Waals surface area contributed by atoms with Gasteiger partial charge in [0.05, 0.1) is 17.3 Å². The van der Waals surface area contributed by atoms with Gasteiger partial charge in [-0.1, -0.05) is 83.6 Å². The lowest BCUT2D eigenvalue weighted by Gasteiger charge is -2.10. The molecule has 0 atom stereocenters. The van der Waals surface area contributed by atoms with Crippen LogP contribution < -0.4 is 10.1 Å². The summed E-state index contributed by atoms with van der Waals surface area (Å²) in [5.74, 6) is 0.206. The Morgan fingerprint density at radius 2 is 1.75 bits per heavy atom. The summed E-state index contributed by atoms with van der Waals surface area (Å²) in [5, 5.41) is 4.29. The van der Waals surface area contributed by atoms with Crippen LogP contribution in [0.15, 0.2) is 78.9 Å². The lowest BCUT2D eigenvalue weighted by molar-refractivity contribution is 0.0532. The minimum Gasteiger partial charge on any atom is -0.487 e. The Kier molecular flexibility index (Phi) is 7.04. The van der Waals surface area contributed by atoms with E-state index in [9.17, 15) is 4.79 Å². The molecule has 4 rings (SSSR count). The Bertz CT molecular complexity index is 1200. The molecular weight excluding hydrogens is 444 g/mol. The molecule has 0 bridgehead atoms. The molecule has 1 aromatic heterocycles. The molecule has 7 heteroatoms. The van der Waals surface area contributed by atoms with Crippen LogP contribution in [0.25, 0.3) is 11.3 Å². The molecule has 162 valence electrons. The monoisotopic (exact) mass is 464 g/mol. The van der Waals surface area contributed by atoms with Gasteiger partial charge >= 0.3 is 5.97 Å². The van der Waals surface area contributed by atoms with E-state index in [2.05, 4.69) is 10.3 Å². The fourth-order valence-electron chi connectivity index (χ4n) is 3.05. The first-order chi connectivity index (χ1) is 15.6. The highest BCUT2D eigenvalue weighted by Crippen LogP contribution is 2.35. The Balaban J connectivity index is 1.53. The van der Waals surface area contributed by atoms with Gasteiger partial charge in [0.2, 0.25) is 0 Å². The van der Waals surface area contributed by atoms with Crippen LogP contribution in [0, 0.1) is 0 Å². The van der Waals surface area contributed by atoms with Gasteiger partial charge in [-0.25, -0.2) is 9.78 Å². The van der Waals surface area contributed by atoms with Gasteiger partial charge in [0.1, 0.15) is 17.2 Å². The largest absolute Gasteiger partial charge is 0.487 e. The van der Waals surface area contributed by atoms with Crippen molar-refractivity contribution in [1.29, 1.82) is 0 Å². The molecule has 0 fully saturated rings. The van der Waals surface area contributed by atoms with Crippen LogP contribution in [0.4, 0.5) is 10.8 Å². The second-order valence-electron chi connectivity index (χ2n) is 6.83. The summed E-state index contributed by atoms with van der Waals surface area (Å²) in [6.07, 6.45) is 0. The van der Waals surface area contributed by atoms with Gasteiger partial charge < -0.3 is 14.8 Å². The van der Waals surface area contributed by atoms with Gasteiger partial charge in [0.15, 0.2) is 5.13 Å². The van der Waals surface area contributed by atoms with Crippen LogP contribution in [0.1, 0.15) is 22.2 Å². The molecular formula is C25H21ClN2O3S. The van der Waals surface area contributed by atoms with Crippen LogP contribution in [-0.2, 0) is 11.3 Å². The molecule has 0 aliphatic rings. The molecule has 0 aliphatic heterocycles. The molecule has 0 unspecified atom stereocenters. The molecule has 0 saturated carbocycles. The quantitative estimate of drug-likeness (QED) is 0.285. The first-order valence-electron chi connectivity index (χ1n) is 10.1. The van der Waals surface area contributed by atoms with Crippen LogP contribution in [0.2, 0.25) is 5.02 Å². The van der Waals surface area contributed by atoms with E-state index in [1.165, 1.54) is 11.3 Å². The van der Waals surface area contributed by atoms with E-state index < -0.39 is 0 Å². The molecule has 32 heavy (non-hydrogen) atoms. The van der Waals surface area contributed by atoms with Crippen LogP contribution >= 0.6 is 22.9 Å². The number of nitrogens with zero attached hydrogens (tertiary/aromatic N) is 1. The lowest BCUT2D eigenvalue weighted by Crippen LogP contribution is -2.03. The van der Waals surface area contributed by atoms with E-state index in [4.69, 9.17) is 21.1 Å². The summed E-state index contributed by atoms with van der Waals surface area (Å²) in [7, 11) is 0. The molecule has 0 amide bonds. The summed E-state index contributed by atoms with van der Waals surface area (Å²) < 4.78 is 11.1. The fourth-order valence-corrected chi connectivity index (χ4v) is 4.19. The number of benzene rings is 3. The molecule has 1 heterocycles. The Hall–Kier alpha value is -3.35. The number of carbonyl (C=O) groups excluding carboxylic acids is 1. The zero-order chi connectivity index (χ0) is 22.3. The van der Waals surface area contributed by atoms with Gasteiger partial charge in [-0.2, -0.15) is 0 Å². The minimum absolute atomic E-state index is 0.299. The normalized spacial score (nSPS) is 10.6. The van der Waals surface area contributed by atoms with Crippen molar-refractivity contribution < 1.29 is 14.3 Å². The standard InChI is InChI=1S/C25H21ClN2O3S/c1-2-30-24(29)23-22(18-11-7-4-8-12-18)28-25(32-23)27-19-13-14-21(20(26)15-19)31-16-17-9-5-3-6-10-17/h3-15H,2,16H2,1H3,(H,27,28). The smallest absolute Gasteiger partial charge is 0.350 e. The lowest BCUT2D eigenvalue weighted by atomic mass is 10.1. The Morgan fingerprint density at radius 1 is 1.03 bits per heavy atom. The number of thiazole rings is 1. The number of rotatable bonds is 8. The summed E-state index contributed by atoms with van der Waals surface area (Å²) in [4.78, 5) is 17.6. The zero-order valence-electron chi connectivity index (χ0n) is 17.4. The number of hydrogen-bond donors (Lipinski definition) is 1. The minimum atomic E-state index is -0.389. The average molecular weight is 465 g/mol. The highest BCUT2D eigenvalue weighted by atomic mass is 35.5. The molecule has 4 aromatic rings. The fraction of sp³-hybridized carbons (Fsp3) is 0.120. The Labute approximate surface area is 195 Å². The average Bonchev–Trinajstić information content (AvgIpc) is 3.24. The van der Waals surface area contributed by atoms with Crippen molar-refractivity contribution in [2.45, 2.75) is 13.5 Å². The van der Waals surface area contributed by atoms with Gasteiger partial charge in [0, 0.05) is 11.3 Å². The molecule has 5 nitrogen and oxygen atoms in total. The summed E-state index contributed by atoms with van der Waals surface area (Å²) in [5.41, 5.74) is 3.24. The molecule has 3 aromatic carbocycles. The predicted molar refractivity (Wildman–Crippen MR) is 129 cm³/mol. The van der Waals surface area contributed by atoms with Crippen molar-refractivity contribution in [2.75, 3.05) is 11.9 Å². The molecule has 0 aliphatic carbocycles. The first kappa shape index (κ1) is 21.9. The van der Waals surface area contributed by atoms with Crippen molar-refractivity contribution in [1.82, 2.24) is 4.98 Å². The Morgan fingerprint density at radius 3 is 2.44 bits per heavy atom. The maximum absolute atomic E-state index is 12.5. The number of aromatic nitrogens is 1. The van der Waals surface area contributed by atoms with Crippen LogP contribution in [0.3, 0.4) is 0 Å².